The van der Waals surface area contributed by atoms with Crippen molar-refractivity contribution in [2.75, 3.05) is 0 Å². The third-order valence-corrected chi connectivity index (χ3v) is 5.48. The lowest BCUT2D eigenvalue weighted by Gasteiger charge is -2.27. The number of carbonyl (C=O) groups excluding carboxylic acids is 3. The number of allylic oxidation sites excluding steroid dienone is 2. The lowest BCUT2D eigenvalue weighted by Crippen LogP contribution is -2.50. The van der Waals surface area contributed by atoms with E-state index in [0.717, 1.165) is 5.56 Å². The Morgan fingerprint density at radius 2 is 1.67 bits per heavy atom. The summed E-state index contributed by atoms with van der Waals surface area (Å²) in [5, 5.41) is 3.51. The number of hydrogen-bond acceptors (Lipinski definition) is 3. The predicted molar refractivity (Wildman–Crippen MR) is 104 cm³/mol. The lowest BCUT2D eigenvalue weighted by molar-refractivity contribution is -0.148. The number of benzene rings is 1. The molecule has 0 bridgehead atoms. The van der Waals surface area contributed by atoms with Crippen LogP contribution in [0.15, 0.2) is 36.4 Å². The Kier molecular flexibility index (Phi) is 6.00. The van der Waals surface area contributed by atoms with Crippen LogP contribution in [0.1, 0.15) is 38.7 Å². The number of fused-ring (bicyclic) bond motifs is 1. The Labute approximate surface area is 164 Å². The van der Waals surface area contributed by atoms with Crippen LogP contribution < -0.4 is 5.32 Å². The number of halogens is 1. The molecule has 0 saturated carbocycles. The van der Waals surface area contributed by atoms with E-state index < -0.39 is 6.04 Å². The summed E-state index contributed by atoms with van der Waals surface area (Å²) < 4.78 is 0. The molecule has 27 heavy (non-hydrogen) atoms. The van der Waals surface area contributed by atoms with Crippen molar-refractivity contribution in [1.82, 2.24) is 10.2 Å². The number of nitrogens with one attached hydrogen (secondary N) is 1. The van der Waals surface area contributed by atoms with Crippen LogP contribution in [0.25, 0.3) is 0 Å². The maximum Gasteiger partial charge on any atom is 0.243 e. The second-order valence-corrected chi connectivity index (χ2v) is 8.13. The summed E-state index contributed by atoms with van der Waals surface area (Å²) in [6, 6.07) is 6.45. The average molecular weight is 389 g/mol. The van der Waals surface area contributed by atoms with E-state index in [2.05, 4.69) is 5.32 Å². The largest absolute Gasteiger partial charge is 0.350 e. The molecule has 1 heterocycles. The topological polar surface area (TPSA) is 66.5 Å². The fourth-order valence-corrected chi connectivity index (χ4v) is 3.94. The van der Waals surface area contributed by atoms with Gasteiger partial charge < -0.3 is 5.32 Å². The first-order valence-electron chi connectivity index (χ1n) is 9.42. The molecule has 0 spiro atoms. The summed E-state index contributed by atoms with van der Waals surface area (Å²) in [4.78, 5) is 39.9. The summed E-state index contributed by atoms with van der Waals surface area (Å²) in [6.07, 6.45) is 5.51. The molecule has 0 radical (unpaired) electrons. The summed E-state index contributed by atoms with van der Waals surface area (Å²) in [7, 11) is 0. The zero-order valence-corrected chi connectivity index (χ0v) is 16.4. The van der Waals surface area contributed by atoms with Crippen LogP contribution in [-0.4, -0.2) is 28.7 Å². The first kappa shape index (κ1) is 19.6. The molecule has 1 aliphatic carbocycles. The van der Waals surface area contributed by atoms with E-state index in [9.17, 15) is 14.4 Å². The van der Waals surface area contributed by atoms with Gasteiger partial charge in [-0.2, -0.15) is 0 Å². The fourth-order valence-electron chi connectivity index (χ4n) is 3.82. The molecule has 1 fully saturated rings. The van der Waals surface area contributed by atoms with E-state index in [4.69, 9.17) is 11.6 Å². The van der Waals surface area contributed by atoms with Gasteiger partial charge in [-0.05, 0) is 42.9 Å². The van der Waals surface area contributed by atoms with Crippen LogP contribution in [0.4, 0.5) is 0 Å². The van der Waals surface area contributed by atoms with Crippen molar-refractivity contribution < 1.29 is 14.4 Å². The second kappa shape index (κ2) is 8.26. The number of carbonyl (C=O) groups is 3. The van der Waals surface area contributed by atoms with Gasteiger partial charge in [0.1, 0.15) is 6.04 Å². The summed E-state index contributed by atoms with van der Waals surface area (Å²) in [5.74, 6) is -1.16. The number of hydrogen-bond donors (Lipinski definition) is 1. The third kappa shape index (κ3) is 4.24. The number of likely N-dealkylation sites (tertiary alicyclic amines) is 1. The number of nitrogens with zero attached hydrogens (tertiary/aromatic N) is 1. The van der Waals surface area contributed by atoms with Crippen molar-refractivity contribution in [3.63, 3.8) is 0 Å². The smallest absolute Gasteiger partial charge is 0.243 e. The first-order valence-corrected chi connectivity index (χ1v) is 9.80. The quantitative estimate of drug-likeness (QED) is 0.600. The molecule has 1 aromatic carbocycles. The van der Waals surface area contributed by atoms with E-state index in [1.165, 1.54) is 4.90 Å². The maximum absolute atomic E-state index is 12.9. The molecule has 6 heteroatoms. The molecule has 1 aliphatic heterocycles. The Balaban J connectivity index is 1.75. The van der Waals surface area contributed by atoms with E-state index >= 15 is 0 Å². The van der Waals surface area contributed by atoms with Gasteiger partial charge in [-0.15, -0.1) is 0 Å². The van der Waals surface area contributed by atoms with Crippen molar-refractivity contribution >= 4 is 29.3 Å². The van der Waals surface area contributed by atoms with Gasteiger partial charge in [0.05, 0.1) is 11.8 Å². The molecule has 1 saturated heterocycles. The minimum absolute atomic E-state index is 0.178. The maximum atomic E-state index is 12.9. The number of rotatable bonds is 6. The van der Waals surface area contributed by atoms with Gasteiger partial charge in [-0.1, -0.05) is 49.7 Å². The molecule has 3 amide bonds. The van der Waals surface area contributed by atoms with Crippen LogP contribution in [0, 0.1) is 17.8 Å². The highest BCUT2D eigenvalue weighted by Gasteiger charge is 2.51. The zero-order valence-electron chi connectivity index (χ0n) is 15.7. The molecular weight excluding hydrogens is 364 g/mol. The molecule has 5 nitrogen and oxygen atoms in total. The molecular formula is C21H25ClN2O3. The molecule has 2 aliphatic rings. The van der Waals surface area contributed by atoms with E-state index in [1.54, 1.807) is 12.1 Å². The molecule has 1 aromatic rings. The van der Waals surface area contributed by atoms with Gasteiger partial charge in [-0.3, -0.25) is 19.3 Å². The monoisotopic (exact) mass is 388 g/mol. The van der Waals surface area contributed by atoms with Crippen molar-refractivity contribution in [2.24, 2.45) is 17.8 Å². The van der Waals surface area contributed by atoms with Crippen molar-refractivity contribution in [2.45, 2.75) is 45.7 Å². The van der Waals surface area contributed by atoms with Crippen molar-refractivity contribution in [3.05, 3.63) is 47.0 Å². The third-order valence-electron chi connectivity index (χ3n) is 5.23. The predicted octanol–water partition coefficient (Wildman–Crippen LogP) is 3.32. The minimum atomic E-state index is -0.761. The SMILES string of the molecule is CC(C)C[C@H](C(=O)NCc1ccc(Cl)cc1)N1C(=O)[C@@H]2CC=CC[C@H]2C1=O. The van der Waals surface area contributed by atoms with Gasteiger partial charge in [0.25, 0.3) is 0 Å². The fraction of sp³-hybridized carbons (Fsp3) is 0.476. The van der Waals surface area contributed by atoms with Crippen molar-refractivity contribution in [3.8, 4) is 0 Å². The van der Waals surface area contributed by atoms with Gasteiger partial charge in [0, 0.05) is 11.6 Å². The highest BCUT2D eigenvalue weighted by atomic mass is 35.5. The van der Waals surface area contributed by atoms with Crippen molar-refractivity contribution in [1.29, 1.82) is 0 Å². The summed E-state index contributed by atoms with van der Waals surface area (Å²) >= 11 is 5.89. The minimum Gasteiger partial charge on any atom is -0.350 e. The molecule has 3 rings (SSSR count). The molecule has 0 aromatic heterocycles. The van der Waals surface area contributed by atoms with Gasteiger partial charge in [0.2, 0.25) is 17.7 Å². The van der Waals surface area contributed by atoms with Crippen LogP contribution in [0.2, 0.25) is 5.02 Å². The normalized spacial score (nSPS) is 22.9. The molecule has 144 valence electrons. The lowest BCUT2D eigenvalue weighted by atomic mass is 9.85. The van der Waals surface area contributed by atoms with Crippen LogP contribution in [-0.2, 0) is 20.9 Å². The number of imide groups is 1. The van der Waals surface area contributed by atoms with Crippen LogP contribution in [0.3, 0.4) is 0 Å². The highest BCUT2D eigenvalue weighted by Crippen LogP contribution is 2.37. The van der Waals surface area contributed by atoms with Gasteiger partial charge in [-0.25, -0.2) is 0 Å². The zero-order chi connectivity index (χ0) is 19.6. The summed E-state index contributed by atoms with van der Waals surface area (Å²) in [6.45, 7) is 4.30. The number of amides is 3. The van der Waals surface area contributed by atoms with E-state index in [0.29, 0.717) is 30.8 Å². The Bertz CT molecular complexity index is 731. The van der Waals surface area contributed by atoms with E-state index in [1.807, 2.05) is 38.1 Å². The molecule has 1 N–H and O–H groups in total. The molecule has 0 unspecified atom stereocenters. The Hall–Kier alpha value is -2.14. The average Bonchev–Trinajstić information content (AvgIpc) is 2.90. The Morgan fingerprint density at radius 3 is 2.19 bits per heavy atom. The molecule has 3 atom stereocenters. The second-order valence-electron chi connectivity index (χ2n) is 7.69. The highest BCUT2D eigenvalue weighted by molar-refractivity contribution is 6.30. The van der Waals surface area contributed by atoms with Gasteiger partial charge in [0.15, 0.2) is 0 Å². The standard InChI is InChI=1S/C21H25ClN2O3/c1-13(2)11-18(19(25)23-12-14-7-9-15(22)10-8-14)24-20(26)16-5-3-4-6-17(16)21(24)27/h3-4,7-10,13,16-18H,5-6,11-12H2,1-2H3,(H,23,25)/t16-,17-,18-/m1/s1. The van der Waals surface area contributed by atoms with E-state index in [-0.39, 0.29) is 35.5 Å². The van der Waals surface area contributed by atoms with Crippen LogP contribution in [0.5, 0.6) is 0 Å². The summed E-state index contributed by atoms with van der Waals surface area (Å²) in [5.41, 5.74) is 0.910. The van der Waals surface area contributed by atoms with Gasteiger partial charge >= 0.3 is 0 Å². The van der Waals surface area contributed by atoms with Crippen LogP contribution >= 0.6 is 11.6 Å². The Morgan fingerprint density at radius 1 is 1.11 bits per heavy atom. The first-order chi connectivity index (χ1) is 12.9.